The first kappa shape index (κ1) is 13.8. The summed E-state index contributed by atoms with van der Waals surface area (Å²) in [4.78, 5) is 10.8. The van der Waals surface area contributed by atoms with Crippen LogP contribution in [0, 0.1) is 6.92 Å². The van der Waals surface area contributed by atoms with Gasteiger partial charge < -0.3 is 14.9 Å². The molecular formula is C13H13BrN2O3. The Bertz CT molecular complexity index is 595. The van der Waals surface area contributed by atoms with Crippen molar-refractivity contribution < 1.29 is 14.4 Å². The van der Waals surface area contributed by atoms with Crippen LogP contribution < -0.4 is 5.32 Å². The lowest BCUT2D eigenvalue weighted by Gasteiger charge is -2.06. The van der Waals surface area contributed by atoms with Gasteiger partial charge in [-0.25, -0.2) is 4.79 Å². The highest BCUT2D eigenvalue weighted by Gasteiger charge is 2.07. The highest BCUT2D eigenvalue weighted by molar-refractivity contribution is 9.10. The molecule has 100 valence electrons. The van der Waals surface area contributed by atoms with Crippen molar-refractivity contribution >= 4 is 21.9 Å². The van der Waals surface area contributed by atoms with Crippen LogP contribution >= 0.6 is 15.9 Å². The number of nitrogens with zero attached hydrogens (tertiary/aromatic N) is 1. The average Bonchev–Trinajstić information content (AvgIpc) is 2.77. The summed E-state index contributed by atoms with van der Waals surface area (Å²) in [5.41, 5.74) is 2.10. The second kappa shape index (κ2) is 5.99. The molecule has 2 N–H and O–H groups in total. The SMILES string of the molecule is Cc1cc(CNCc2ccc(C(=O)O)cc2Br)no1. The Labute approximate surface area is 118 Å². The first-order valence-corrected chi connectivity index (χ1v) is 6.50. The molecule has 0 fully saturated rings. The number of halogens is 1. The van der Waals surface area contributed by atoms with E-state index in [0.29, 0.717) is 13.1 Å². The number of carbonyl (C=O) groups is 1. The Kier molecular flexibility index (Phi) is 4.34. The van der Waals surface area contributed by atoms with E-state index in [9.17, 15) is 4.79 Å². The molecule has 1 aromatic carbocycles. The maximum absolute atomic E-state index is 10.8. The van der Waals surface area contributed by atoms with Crippen molar-refractivity contribution in [1.29, 1.82) is 0 Å². The number of carboxylic acids is 1. The van der Waals surface area contributed by atoms with E-state index in [1.54, 1.807) is 18.2 Å². The number of rotatable bonds is 5. The molecule has 5 nitrogen and oxygen atoms in total. The molecule has 0 amide bonds. The second-order valence-corrected chi connectivity index (χ2v) is 5.00. The van der Waals surface area contributed by atoms with Crippen molar-refractivity contribution in [2.24, 2.45) is 0 Å². The van der Waals surface area contributed by atoms with Gasteiger partial charge in [-0.2, -0.15) is 0 Å². The van der Waals surface area contributed by atoms with Crippen LogP contribution in [0.15, 0.2) is 33.3 Å². The van der Waals surface area contributed by atoms with Crippen LogP contribution in [0.3, 0.4) is 0 Å². The van der Waals surface area contributed by atoms with Crippen LogP contribution in [0.1, 0.15) is 27.4 Å². The molecule has 0 radical (unpaired) electrons. The van der Waals surface area contributed by atoms with E-state index in [-0.39, 0.29) is 5.56 Å². The predicted octanol–water partition coefficient (Wildman–Crippen LogP) is 2.73. The number of hydrogen-bond donors (Lipinski definition) is 2. The summed E-state index contributed by atoms with van der Waals surface area (Å²) in [7, 11) is 0. The van der Waals surface area contributed by atoms with Crippen molar-refractivity contribution in [2.75, 3.05) is 0 Å². The Morgan fingerprint density at radius 1 is 1.42 bits per heavy atom. The van der Waals surface area contributed by atoms with E-state index in [4.69, 9.17) is 9.63 Å². The number of aryl methyl sites for hydroxylation is 1. The minimum Gasteiger partial charge on any atom is -0.478 e. The average molecular weight is 325 g/mol. The van der Waals surface area contributed by atoms with Gasteiger partial charge in [0, 0.05) is 23.6 Å². The van der Waals surface area contributed by atoms with Gasteiger partial charge in [-0.1, -0.05) is 27.2 Å². The molecule has 0 saturated heterocycles. The summed E-state index contributed by atoms with van der Waals surface area (Å²) < 4.78 is 5.74. The topological polar surface area (TPSA) is 75.4 Å². The molecule has 0 aliphatic carbocycles. The van der Waals surface area contributed by atoms with E-state index in [2.05, 4.69) is 26.4 Å². The van der Waals surface area contributed by atoms with E-state index in [1.807, 2.05) is 13.0 Å². The quantitative estimate of drug-likeness (QED) is 0.884. The van der Waals surface area contributed by atoms with Crippen LogP contribution in [0.4, 0.5) is 0 Å². The minimum absolute atomic E-state index is 0.266. The molecule has 2 aromatic rings. The van der Waals surface area contributed by atoms with Crippen molar-refractivity contribution in [1.82, 2.24) is 10.5 Å². The van der Waals surface area contributed by atoms with Crippen LogP contribution in [0.5, 0.6) is 0 Å². The maximum atomic E-state index is 10.8. The molecule has 6 heteroatoms. The number of benzene rings is 1. The number of nitrogens with one attached hydrogen (secondary N) is 1. The van der Waals surface area contributed by atoms with Crippen LogP contribution in [0.2, 0.25) is 0 Å². The third-order valence-electron chi connectivity index (χ3n) is 2.60. The van der Waals surface area contributed by atoms with Crippen LogP contribution in [-0.2, 0) is 13.1 Å². The summed E-state index contributed by atoms with van der Waals surface area (Å²) in [6.07, 6.45) is 0. The standard InChI is InChI=1S/C13H13BrN2O3/c1-8-4-11(16-19-8)7-15-6-10-3-2-9(13(17)18)5-12(10)14/h2-5,15H,6-7H2,1H3,(H,17,18). The molecule has 0 saturated carbocycles. The third kappa shape index (κ3) is 3.65. The largest absolute Gasteiger partial charge is 0.478 e. The molecule has 0 unspecified atom stereocenters. The van der Waals surface area contributed by atoms with Crippen LogP contribution in [-0.4, -0.2) is 16.2 Å². The zero-order valence-electron chi connectivity index (χ0n) is 10.3. The highest BCUT2D eigenvalue weighted by atomic mass is 79.9. The Hall–Kier alpha value is -1.66. The molecule has 0 aliphatic heterocycles. The lowest BCUT2D eigenvalue weighted by molar-refractivity contribution is 0.0697. The molecule has 1 aromatic heterocycles. The molecule has 0 bridgehead atoms. The predicted molar refractivity (Wildman–Crippen MR) is 72.9 cm³/mol. The lowest BCUT2D eigenvalue weighted by Crippen LogP contribution is -2.13. The van der Waals surface area contributed by atoms with E-state index < -0.39 is 5.97 Å². The summed E-state index contributed by atoms with van der Waals surface area (Å²) >= 11 is 3.37. The summed E-state index contributed by atoms with van der Waals surface area (Å²) in [6.45, 7) is 3.06. The maximum Gasteiger partial charge on any atom is 0.335 e. The number of carboxylic acid groups (broad SMARTS) is 1. The molecule has 0 aliphatic rings. The Balaban J connectivity index is 1.94. The summed E-state index contributed by atoms with van der Waals surface area (Å²) in [5.74, 6) is -0.151. The molecule has 1 heterocycles. The Morgan fingerprint density at radius 2 is 2.21 bits per heavy atom. The van der Waals surface area contributed by atoms with Crippen molar-refractivity contribution in [3.8, 4) is 0 Å². The second-order valence-electron chi connectivity index (χ2n) is 4.14. The zero-order valence-corrected chi connectivity index (χ0v) is 11.9. The first-order chi connectivity index (χ1) is 9.06. The van der Waals surface area contributed by atoms with E-state index in [0.717, 1.165) is 21.5 Å². The fourth-order valence-corrected chi connectivity index (χ4v) is 2.17. The van der Waals surface area contributed by atoms with Crippen molar-refractivity contribution in [2.45, 2.75) is 20.0 Å². The van der Waals surface area contributed by atoms with Gasteiger partial charge in [-0.05, 0) is 24.6 Å². The van der Waals surface area contributed by atoms with Gasteiger partial charge in [0.25, 0.3) is 0 Å². The fraction of sp³-hybridized carbons (Fsp3) is 0.231. The molecule has 0 spiro atoms. The van der Waals surface area contributed by atoms with Crippen molar-refractivity contribution in [3.05, 3.63) is 51.3 Å². The van der Waals surface area contributed by atoms with E-state index >= 15 is 0 Å². The number of hydrogen-bond acceptors (Lipinski definition) is 4. The fourth-order valence-electron chi connectivity index (χ4n) is 1.65. The van der Waals surface area contributed by atoms with Crippen LogP contribution in [0.25, 0.3) is 0 Å². The summed E-state index contributed by atoms with van der Waals surface area (Å²) in [6, 6.07) is 6.84. The van der Waals surface area contributed by atoms with Gasteiger partial charge in [0.2, 0.25) is 0 Å². The number of aromatic nitrogens is 1. The molecule has 0 atom stereocenters. The minimum atomic E-state index is -0.932. The van der Waals surface area contributed by atoms with Gasteiger partial charge >= 0.3 is 5.97 Å². The van der Waals surface area contributed by atoms with Gasteiger partial charge in [-0.3, -0.25) is 0 Å². The molecular weight excluding hydrogens is 312 g/mol. The normalized spacial score (nSPS) is 10.6. The number of aromatic carboxylic acids is 1. The van der Waals surface area contributed by atoms with Gasteiger partial charge in [-0.15, -0.1) is 0 Å². The highest BCUT2D eigenvalue weighted by Crippen LogP contribution is 2.18. The Morgan fingerprint density at radius 3 is 2.79 bits per heavy atom. The zero-order chi connectivity index (χ0) is 13.8. The van der Waals surface area contributed by atoms with Gasteiger partial charge in [0.1, 0.15) is 5.76 Å². The van der Waals surface area contributed by atoms with Gasteiger partial charge in [0.15, 0.2) is 0 Å². The lowest BCUT2D eigenvalue weighted by atomic mass is 10.1. The van der Waals surface area contributed by atoms with Crippen molar-refractivity contribution in [3.63, 3.8) is 0 Å². The van der Waals surface area contributed by atoms with E-state index in [1.165, 1.54) is 0 Å². The first-order valence-electron chi connectivity index (χ1n) is 5.71. The molecule has 2 rings (SSSR count). The van der Waals surface area contributed by atoms with Gasteiger partial charge in [0.05, 0.1) is 11.3 Å². The smallest absolute Gasteiger partial charge is 0.335 e. The third-order valence-corrected chi connectivity index (χ3v) is 3.34. The summed E-state index contributed by atoms with van der Waals surface area (Å²) in [5, 5.41) is 16.0. The molecule has 19 heavy (non-hydrogen) atoms. The monoisotopic (exact) mass is 324 g/mol.